The highest BCUT2D eigenvalue weighted by molar-refractivity contribution is 5.56. The molecule has 0 atom stereocenters. The molecule has 19 heavy (non-hydrogen) atoms. The number of rotatable bonds is 5. The van der Waals surface area contributed by atoms with Crippen LogP contribution in [0.3, 0.4) is 0 Å². The molecule has 2 N–H and O–H groups in total. The van der Waals surface area contributed by atoms with Gasteiger partial charge in [0, 0.05) is 25.8 Å². The molecule has 96 valence electrons. The lowest BCUT2D eigenvalue weighted by Gasteiger charge is -2.24. The van der Waals surface area contributed by atoms with E-state index in [-0.39, 0.29) is 0 Å². The van der Waals surface area contributed by atoms with Crippen molar-refractivity contribution in [2.45, 2.75) is 6.54 Å². The second-order valence-corrected chi connectivity index (χ2v) is 4.18. The maximum Gasteiger partial charge on any atom is 0.163 e. The Morgan fingerprint density at radius 3 is 2.63 bits per heavy atom. The fraction of sp³-hybridized carbons (Fsp3) is 0.200. The third-order valence-electron chi connectivity index (χ3n) is 2.85. The molecule has 0 spiro atoms. The van der Waals surface area contributed by atoms with Crippen LogP contribution in [0, 0.1) is 11.3 Å². The number of hydrogen-bond acceptors (Lipinski definition) is 4. The van der Waals surface area contributed by atoms with Gasteiger partial charge in [-0.05, 0) is 17.7 Å². The van der Waals surface area contributed by atoms with Gasteiger partial charge in [0.05, 0.1) is 5.69 Å². The van der Waals surface area contributed by atoms with E-state index in [2.05, 4.69) is 28.1 Å². The summed E-state index contributed by atoms with van der Waals surface area (Å²) in [4.78, 5) is 6.18. The number of nitriles is 1. The summed E-state index contributed by atoms with van der Waals surface area (Å²) in [6.07, 6.45) is 1.63. The van der Waals surface area contributed by atoms with E-state index in [9.17, 15) is 0 Å². The molecule has 0 aliphatic carbocycles. The number of nitrogens with zero attached hydrogens (tertiary/aromatic N) is 3. The van der Waals surface area contributed by atoms with Crippen molar-refractivity contribution in [1.29, 1.82) is 5.26 Å². The largest absolute Gasteiger partial charge is 0.364 e. The number of anilines is 1. The average Bonchev–Trinajstić information content (AvgIpc) is 2.48. The molecule has 0 saturated heterocycles. The molecule has 1 aromatic carbocycles. The second-order valence-electron chi connectivity index (χ2n) is 4.18. The highest BCUT2D eigenvalue weighted by atomic mass is 15.1. The predicted octanol–water partition coefficient (Wildman–Crippen LogP) is 1.92. The van der Waals surface area contributed by atoms with Crippen molar-refractivity contribution in [2.24, 2.45) is 5.73 Å². The summed E-state index contributed by atoms with van der Waals surface area (Å²) in [6.45, 7) is 1.94. The third-order valence-corrected chi connectivity index (χ3v) is 2.85. The Labute approximate surface area is 113 Å². The van der Waals surface area contributed by atoms with Crippen molar-refractivity contribution in [3.05, 3.63) is 59.9 Å². The zero-order valence-electron chi connectivity index (χ0n) is 10.7. The number of nitrogens with two attached hydrogens (primary N) is 1. The summed E-state index contributed by atoms with van der Waals surface area (Å²) in [5, 5.41) is 9.13. The summed E-state index contributed by atoms with van der Waals surface area (Å²) in [5.41, 5.74) is 8.12. The number of aromatic nitrogens is 1. The Morgan fingerprint density at radius 2 is 1.95 bits per heavy atom. The first-order chi connectivity index (χ1) is 9.35. The zero-order valence-corrected chi connectivity index (χ0v) is 10.7. The smallest absolute Gasteiger partial charge is 0.163 e. The average molecular weight is 252 g/mol. The molecule has 0 unspecified atom stereocenters. The molecule has 0 radical (unpaired) electrons. The Bertz CT molecular complexity index is 560. The Kier molecular flexibility index (Phi) is 4.49. The highest BCUT2D eigenvalue weighted by Gasteiger charge is 2.11. The van der Waals surface area contributed by atoms with Gasteiger partial charge in [0.2, 0.25) is 0 Å². The van der Waals surface area contributed by atoms with Crippen LogP contribution in [0.5, 0.6) is 0 Å². The molecule has 1 aromatic heterocycles. The van der Waals surface area contributed by atoms with Gasteiger partial charge in [-0.3, -0.25) is 0 Å². The lowest BCUT2D eigenvalue weighted by molar-refractivity contribution is 0.786. The van der Waals surface area contributed by atoms with Crippen LogP contribution in [0.4, 0.5) is 5.69 Å². The molecular weight excluding hydrogens is 236 g/mol. The van der Waals surface area contributed by atoms with Crippen molar-refractivity contribution in [1.82, 2.24) is 4.98 Å². The van der Waals surface area contributed by atoms with Crippen LogP contribution in [0.25, 0.3) is 0 Å². The highest BCUT2D eigenvalue weighted by Crippen LogP contribution is 2.19. The summed E-state index contributed by atoms with van der Waals surface area (Å²) in [7, 11) is 0. The first kappa shape index (κ1) is 13.1. The first-order valence-corrected chi connectivity index (χ1v) is 6.19. The van der Waals surface area contributed by atoms with E-state index in [0.717, 1.165) is 12.2 Å². The minimum absolute atomic E-state index is 0.437. The van der Waals surface area contributed by atoms with Gasteiger partial charge < -0.3 is 10.6 Å². The maximum absolute atomic E-state index is 9.13. The van der Waals surface area contributed by atoms with Crippen LogP contribution in [-0.4, -0.2) is 18.1 Å². The van der Waals surface area contributed by atoms with E-state index >= 15 is 0 Å². The Hall–Kier alpha value is -2.38. The van der Waals surface area contributed by atoms with Crippen molar-refractivity contribution >= 4 is 5.69 Å². The SMILES string of the molecule is N#Cc1ncccc1N(CCN)Cc1ccccc1. The molecule has 0 saturated carbocycles. The minimum atomic E-state index is 0.437. The van der Waals surface area contributed by atoms with E-state index in [1.165, 1.54) is 5.56 Å². The molecule has 0 aliphatic heterocycles. The first-order valence-electron chi connectivity index (χ1n) is 6.19. The summed E-state index contributed by atoms with van der Waals surface area (Å²) >= 11 is 0. The summed E-state index contributed by atoms with van der Waals surface area (Å²) in [5.74, 6) is 0. The normalized spacial score (nSPS) is 9.89. The van der Waals surface area contributed by atoms with Crippen LogP contribution < -0.4 is 10.6 Å². The van der Waals surface area contributed by atoms with E-state index in [1.807, 2.05) is 30.3 Å². The lowest BCUT2D eigenvalue weighted by Crippen LogP contribution is -2.29. The van der Waals surface area contributed by atoms with Crippen LogP contribution in [-0.2, 0) is 6.54 Å². The van der Waals surface area contributed by atoms with Crippen LogP contribution in [0.2, 0.25) is 0 Å². The fourth-order valence-corrected chi connectivity index (χ4v) is 1.98. The van der Waals surface area contributed by atoms with Crippen molar-refractivity contribution < 1.29 is 0 Å². The van der Waals surface area contributed by atoms with Crippen LogP contribution in [0.1, 0.15) is 11.3 Å². The molecule has 0 amide bonds. The minimum Gasteiger partial charge on any atom is -0.364 e. The fourth-order valence-electron chi connectivity index (χ4n) is 1.98. The van der Waals surface area contributed by atoms with Crippen molar-refractivity contribution in [3.8, 4) is 6.07 Å². The molecule has 0 aliphatic rings. The molecule has 0 bridgehead atoms. The van der Waals surface area contributed by atoms with Crippen molar-refractivity contribution in [2.75, 3.05) is 18.0 Å². The predicted molar refractivity (Wildman–Crippen MR) is 75.5 cm³/mol. The monoisotopic (exact) mass is 252 g/mol. The van der Waals surface area contributed by atoms with E-state index in [4.69, 9.17) is 11.0 Å². The molecule has 2 aromatic rings. The number of benzene rings is 1. The summed E-state index contributed by atoms with van der Waals surface area (Å²) in [6, 6.07) is 16.0. The summed E-state index contributed by atoms with van der Waals surface area (Å²) < 4.78 is 0. The quantitative estimate of drug-likeness (QED) is 0.882. The number of pyridine rings is 1. The second kappa shape index (κ2) is 6.53. The molecule has 4 nitrogen and oxygen atoms in total. The lowest BCUT2D eigenvalue weighted by atomic mass is 10.2. The van der Waals surface area contributed by atoms with Gasteiger partial charge in [-0.1, -0.05) is 30.3 Å². The molecule has 4 heteroatoms. The van der Waals surface area contributed by atoms with Crippen LogP contribution >= 0.6 is 0 Å². The molecule has 1 heterocycles. The zero-order chi connectivity index (χ0) is 13.5. The van der Waals surface area contributed by atoms with Gasteiger partial charge in [-0.15, -0.1) is 0 Å². The van der Waals surface area contributed by atoms with E-state index in [1.54, 1.807) is 6.20 Å². The van der Waals surface area contributed by atoms with E-state index < -0.39 is 0 Å². The Balaban J connectivity index is 2.27. The standard InChI is InChI=1S/C15H16N4/c16-8-10-19(12-13-5-2-1-3-6-13)15-7-4-9-18-14(15)11-17/h1-7,9H,8,10,12,16H2. The molecular formula is C15H16N4. The topological polar surface area (TPSA) is 65.9 Å². The Morgan fingerprint density at radius 1 is 1.16 bits per heavy atom. The van der Waals surface area contributed by atoms with Gasteiger partial charge >= 0.3 is 0 Å². The number of hydrogen-bond donors (Lipinski definition) is 1. The van der Waals surface area contributed by atoms with Gasteiger partial charge in [0.25, 0.3) is 0 Å². The maximum atomic E-state index is 9.13. The van der Waals surface area contributed by atoms with Crippen molar-refractivity contribution in [3.63, 3.8) is 0 Å². The van der Waals surface area contributed by atoms with Gasteiger partial charge in [0.15, 0.2) is 5.69 Å². The molecule has 2 rings (SSSR count). The molecule has 0 fully saturated rings. The van der Waals surface area contributed by atoms with Gasteiger partial charge in [0.1, 0.15) is 6.07 Å². The van der Waals surface area contributed by atoms with Gasteiger partial charge in [-0.2, -0.15) is 5.26 Å². The van der Waals surface area contributed by atoms with E-state index in [0.29, 0.717) is 18.8 Å². The van der Waals surface area contributed by atoms with Crippen LogP contribution in [0.15, 0.2) is 48.7 Å². The van der Waals surface area contributed by atoms with Gasteiger partial charge in [-0.25, -0.2) is 4.98 Å². The third kappa shape index (κ3) is 3.30.